The van der Waals surface area contributed by atoms with E-state index in [2.05, 4.69) is 6.92 Å². The highest BCUT2D eigenvalue weighted by Gasteiger charge is 2.57. The maximum atomic E-state index is 10.5. The van der Waals surface area contributed by atoms with Crippen LogP contribution in [0.3, 0.4) is 0 Å². The normalized spacial score (nSPS) is 42.6. The van der Waals surface area contributed by atoms with Crippen molar-refractivity contribution in [2.75, 3.05) is 0 Å². The van der Waals surface area contributed by atoms with Gasteiger partial charge in [-0.05, 0) is 25.7 Å². The Kier molecular flexibility index (Phi) is 1.95. The fourth-order valence-electron chi connectivity index (χ4n) is 2.41. The Morgan fingerprint density at radius 2 is 2.00 bits per heavy atom. The summed E-state index contributed by atoms with van der Waals surface area (Å²) in [7, 11) is 0. The number of hydrogen-bond donors (Lipinski definition) is 0. The highest BCUT2D eigenvalue weighted by Crippen LogP contribution is 2.47. The van der Waals surface area contributed by atoms with Gasteiger partial charge in [-0.25, -0.2) is 0 Å². The van der Waals surface area contributed by atoms with Crippen LogP contribution in [0.15, 0.2) is 0 Å². The van der Waals surface area contributed by atoms with Gasteiger partial charge in [0.1, 0.15) is 11.7 Å². The SMILES string of the molecule is C[C@]1(C2CCCCC2)O[C@@H]1C=O. The Morgan fingerprint density at radius 1 is 1.33 bits per heavy atom. The van der Waals surface area contributed by atoms with Crippen molar-refractivity contribution < 1.29 is 9.53 Å². The fourth-order valence-corrected chi connectivity index (χ4v) is 2.41. The average Bonchev–Trinajstić information content (AvgIpc) is 2.81. The smallest absolute Gasteiger partial charge is 0.151 e. The summed E-state index contributed by atoms with van der Waals surface area (Å²) >= 11 is 0. The van der Waals surface area contributed by atoms with Crippen molar-refractivity contribution in [3.8, 4) is 0 Å². The van der Waals surface area contributed by atoms with Crippen LogP contribution in [0.4, 0.5) is 0 Å². The largest absolute Gasteiger partial charge is 0.358 e. The summed E-state index contributed by atoms with van der Waals surface area (Å²) < 4.78 is 5.43. The lowest BCUT2D eigenvalue weighted by Gasteiger charge is -2.25. The number of epoxide rings is 1. The van der Waals surface area contributed by atoms with Gasteiger partial charge in [0.25, 0.3) is 0 Å². The first kappa shape index (κ1) is 8.24. The number of rotatable bonds is 2. The lowest BCUT2D eigenvalue weighted by atomic mass is 9.79. The Hall–Kier alpha value is -0.370. The molecule has 0 radical (unpaired) electrons. The maximum Gasteiger partial charge on any atom is 0.151 e. The molecule has 2 fully saturated rings. The molecule has 2 atom stereocenters. The van der Waals surface area contributed by atoms with E-state index in [0.29, 0.717) is 5.92 Å². The zero-order chi connectivity index (χ0) is 8.60. The highest BCUT2D eigenvalue weighted by atomic mass is 16.6. The minimum absolute atomic E-state index is 0.0812. The lowest BCUT2D eigenvalue weighted by Crippen LogP contribution is -2.26. The first-order valence-electron chi connectivity index (χ1n) is 4.90. The molecule has 0 bridgehead atoms. The molecule has 0 N–H and O–H groups in total. The molecule has 0 aromatic rings. The van der Waals surface area contributed by atoms with E-state index in [1.54, 1.807) is 0 Å². The van der Waals surface area contributed by atoms with Crippen LogP contribution in [-0.4, -0.2) is 18.0 Å². The van der Waals surface area contributed by atoms with Crippen LogP contribution >= 0.6 is 0 Å². The number of ether oxygens (including phenoxy) is 1. The van der Waals surface area contributed by atoms with E-state index in [4.69, 9.17) is 4.74 Å². The summed E-state index contributed by atoms with van der Waals surface area (Å²) in [4.78, 5) is 10.5. The van der Waals surface area contributed by atoms with E-state index >= 15 is 0 Å². The zero-order valence-corrected chi connectivity index (χ0v) is 7.58. The molecule has 0 aromatic heterocycles. The van der Waals surface area contributed by atoms with E-state index in [1.807, 2.05) is 0 Å². The number of aldehydes is 1. The second kappa shape index (κ2) is 2.84. The molecule has 2 rings (SSSR count). The van der Waals surface area contributed by atoms with Gasteiger partial charge in [0.05, 0.1) is 0 Å². The van der Waals surface area contributed by atoms with Crippen molar-refractivity contribution in [2.24, 2.45) is 5.92 Å². The van der Waals surface area contributed by atoms with Crippen molar-refractivity contribution >= 4 is 6.29 Å². The molecule has 1 saturated heterocycles. The third-order valence-electron chi connectivity index (χ3n) is 3.43. The quantitative estimate of drug-likeness (QED) is 0.465. The Balaban J connectivity index is 1.95. The molecule has 2 aliphatic rings. The molecule has 0 aromatic carbocycles. The van der Waals surface area contributed by atoms with E-state index < -0.39 is 0 Å². The van der Waals surface area contributed by atoms with Crippen molar-refractivity contribution in [3.63, 3.8) is 0 Å². The predicted octanol–water partition coefficient (Wildman–Crippen LogP) is 1.92. The van der Waals surface area contributed by atoms with Crippen molar-refractivity contribution in [1.29, 1.82) is 0 Å². The predicted molar refractivity (Wildman–Crippen MR) is 45.9 cm³/mol. The molecule has 1 saturated carbocycles. The Bertz CT molecular complexity index is 184. The summed E-state index contributed by atoms with van der Waals surface area (Å²) in [5.74, 6) is 0.640. The monoisotopic (exact) mass is 168 g/mol. The molecule has 2 nitrogen and oxygen atoms in total. The van der Waals surface area contributed by atoms with Crippen molar-refractivity contribution in [2.45, 2.75) is 50.7 Å². The molecule has 0 unspecified atom stereocenters. The topological polar surface area (TPSA) is 29.6 Å². The molecule has 1 aliphatic heterocycles. The molecular weight excluding hydrogens is 152 g/mol. The summed E-state index contributed by atoms with van der Waals surface area (Å²) in [6.45, 7) is 2.09. The number of hydrogen-bond acceptors (Lipinski definition) is 2. The van der Waals surface area contributed by atoms with Crippen molar-refractivity contribution in [1.82, 2.24) is 0 Å². The van der Waals surface area contributed by atoms with Gasteiger partial charge in [0.2, 0.25) is 0 Å². The molecule has 0 amide bonds. The van der Waals surface area contributed by atoms with Crippen LogP contribution in [0.2, 0.25) is 0 Å². The highest BCUT2D eigenvalue weighted by molar-refractivity contribution is 5.62. The van der Waals surface area contributed by atoms with Gasteiger partial charge in [-0.1, -0.05) is 19.3 Å². The van der Waals surface area contributed by atoms with E-state index in [-0.39, 0.29) is 11.7 Å². The molecule has 1 heterocycles. The van der Waals surface area contributed by atoms with Gasteiger partial charge >= 0.3 is 0 Å². The first-order chi connectivity index (χ1) is 5.77. The van der Waals surface area contributed by atoms with Gasteiger partial charge in [0, 0.05) is 0 Å². The molecule has 1 aliphatic carbocycles. The molecule has 0 spiro atoms. The van der Waals surface area contributed by atoms with Crippen LogP contribution in [0.1, 0.15) is 39.0 Å². The zero-order valence-electron chi connectivity index (χ0n) is 7.58. The molecule has 2 heteroatoms. The molecule has 68 valence electrons. The minimum Gasteiger partial charge on any atom is -0.358 e. The van der Waals surface area contributed by atoms with Gasteiger partial charge < -0.3 is 9.53 Å². The summed E-state index contributed by atoms with van der Waals surface area (Å²) in [6.07, 6.45) is 7.35. The minimum atomic E-state index is -0.0967. The van der Waals surface area contributed by atoms with Crippen LogP contribution in [0, 0.1) is 5.92 Å². The average molecular weight is 168 g/mol. The Labute approximate surface area is 73.3 Å². The van der Waals surface area contributed by atoms with E-state index in [0.717, 1.165) is 6.29 Å². The van der Waals surface area contributed by atoms with Gasteiger partial charge in [-0.2, -0.15) is 0 Å². The van der Waals surface area contributed by atoms with E-state index in [1.165, 1.54) is 32.1 Å². The lowest BCUT2D eigenvalue weighted by molar-refractivity contribution is -0.108. The van der Waals surface area contributed by atoms with Crippen molar-refractivity contribution in [3.05, 3.63) is 0 Å². The fraction of sp³-hybridized carbons (Fsp3) is 0.900. The standard InChI is InChI=1S/C10H16O2/c1-10(9(7-11)12-10)8-5-3-2-4-6-8/h7-9H,2-6H2,1H3/t9-,10-/m1/s1. The number of carbonyl (C=O) groups excluding carboxylic acids is 1. The second-order valence-corrected chi connectivity index (χ2v) is 4.19. The second-order valence-electron chi connectivity index (χ2n) is 4.19. The van der Waals surface area contributed by atoms with Gasteiger partial charge in [0.15, 0.2) is 6.29 Å². The van der Waals surface area contributed by atoms with Crippen LogP contribution in [0.25, 0.3) is 0 Å². The van der Waals surface area contributed by atoms with Gasteiger partial charge in [-0.3, -0.25) is 0 Å². The summed E-state index contributed by atoms with van der Waals surface area (Å²) in [5, 5.41) is 0. The summed E-state index contributed by atoms with van der Waals surface area (Å²) in [6, 6.07) is 0. The molecule has 12 heavy (non-hydrogen) atoms. The molecular formula is C10H16O2. The van der Waals surface area contributed by atoms with Crippen LogP contribution < -0.4 is 0 Å². The van der Waals surface area contributed by atoms with Crippen LogP contribution in [-0.2, 0) is 9.53 Å². The Morgan fingerprint density at radius 3 is 2.50 bits per heavy atom. The third kappa shape index (κ3) is 1.18. The maximum absolute atomic E-state index is 10.5. The number of carbonyl (C=O) groups is 1. The van der Waals surface area contributed by atoms with E-state index in [9.17, 15) is 4.79 Å². The van der Waals surface area contributed by atoms with Crippen LogP contribution in [0.5, 0.6) is 0 Å². The van der Waals surface area contributed by atoms with Gasteiger partial charge in [-0.15, -0.1) is 0 Å². The first-order valence-corrected chi connectivity index (χ1v) is 4.90. The summed E-state index contributed by atoms with van der Waals surface area (Å²) in [5.41, 5.74) is -0.0812. The third-order valence-corrected chi connectivity index (χ3v) is 3.43.